The molecule has 0 saturated heterocycles. The van der Waals surface area contributed by atoms with Crippen LogP contribution in [-0.2, 0) is 13.0 Å². The fourth-order valence-corrected chi connectivity index (χ4v) is 3.55. The molecule has 1 heterocycles. The monoisotopic (exact) mass is 423 g/mol. The predicted molar refractivity (Wildman–Crippen MR) is 124 cm³/mol. The average Bonchev–Trinajstić information content (AvgIpc) is 3.19. The van der Waals surface area contributed by atoms with Crippen molar-refractivity contribution in [3.05, 3.63) is 71.2 Å². The van der Waals surface area contributed by atoms with Gasteiger partial charge >= 0.3 is 0 Å². The Morgan fingerprint density at radius 1 is 1.10 bits per heavy atom. The van der Waals surface area contributed by atoms with Crippen LogP contribution >= 0.6 is 0 Å². The Kier molecular flexibility index (Phi) is 7.65. The fourth-order valence-electron chi connectivity index (χ4n) is 3.55. The third-order valence-electron chi connectivity index (χ3n) is 5.35. The van der Waals surface area contributed by atoms with E-state index in [0.717, 1.165) is 28.5 Å². The summed E-state index contributed by atoms with van der Waals surface area (Å²) in [4.78, 5) is 21.6. The molecular weight excluding hydrogens is 393 g/mol. The van der Waals surface area contributed by atoms with Crippen LogP contribution in [0.5, 0.6) is 0 Å². The molecule has 0 saturated carbocycles. The molecule has 0 spiro atoms. The third-order valence-corrected chi connectivity index (χ3v) is 5.35. The molecule has 0 aliphatic carbocycles. The van der Waals surface area contributed by atoms with Crippen LogP contribution in [0.4, 0.5) is 4.39 Å². The van der Waals surface area contributed by atoms with Crippen molar-refractivity contribution in [1.82, 2.24) is 20.5 Å². The second-order valence-corrected chi connectivity index (χ2v) is 7.28. The van der Waals surface area contributed by atoms with Gasteiger partial charge in [0.15, 0.2) is 5.96 Å². The lowest BCUT2D eigenvalue weighted by molar-refractivity contribution is 0.0773. The fraction of sp³-hybridized carbons (Fsp3) is 0.333. The van der Waals surface area contributed by atoms with E-state index in [-0.39, 0.29) is 11.7 Å². The van der Waals surface area contributed by atoms with Crippen LogP contribution in [0.2, 0.25) is 0 Å². The van der Waals surface area contributed by atoms with Gasteiger partial charge in [-0.1, -0.05) is 12.1 Å². The van der Waals surface area contributed by atoms with Crippen molar-refractivity contribution in [3.63, 3.8) is 0 Å². The van der Waals surface area contributed by atoms with Gasteiger partial charge in [-0.3, -0.25) is 9.79 Å². The van der Waals surface area contributed by atoms with Gasteiger partial charge < -0.3 is 20.5 Å². The van der Waals surface area contributed by atoms with Crippen molar-refractivity contribution >= 4 is 22.8 Å². The van der Waals surface area contributed by atoms with Gasteiger partial charge in [0, 0.05) is 55.9 Å². The summed E-state index contributed by atoms with van der Waals surface area (Å²) in [5, 5.41) is 7.63. The number of nitrogens with zero attached hydrogens (tertiary/aromatic N) is 2. The maximum Gasteiger partial charge on any atom is 0.253 e. The molecule has 31 heavy (non-hydrogen) atoms. The number of aromatic nitrogens is 1. The number of nitrogens with one attached hydrogen (secondary N) is 3. The number of carbonyl (C=O) groups is 1. The standard InChI is InChI=1S/C24H30FN5O/c1-4-30(5-2)23(31)18-8-6-17(7-9-18)15-29-24(26-3)27-13-12-19-16-28-22-14-20(25)10-11-21(19)22/h6-11,14,16,28H,4-5,12-13,15H2,1-3H3,(H2,26,27,29). The lowest BCUT2D eigenvalue weighted by Gasteiger charge is -2.18. The van der Waals surface area contributed by atoms with E-state index in [1.807, 2.05) is 49.2 Å². The first kappa shape index (κ1) is 22.3. The molecule has 2 aromatic carbocycles. The van der Waals surface area contributed by atoms with Gasteiger partial charge in [-0.2, -0.15) is 0 Å². The maximum absolute atomic E-state index is 13.3. The third kappa shape index (κ3) is 5.63. The van der Waals surface area contributed by atoms with Crippen molar-refractivity contribution in [1.29, 1.82) is 0 Å². The molecule has 0 fully saturated rings. The number of H-pyrrole nitrogens is 1. The van der Waals surface area contributed by atoms with Crippen LogP contribution in [0.1, 0.15) is 35.3 Å². The molecule has 0 bridgehead atoms. The number of carbonyl (C=O) groups excluding carboxylic acids is 1. The van der Waals surface area contributed by atoms with Gasteiger partial charge in [-0.15, -0.1) is 0 Å². The molecule has 164 valence electrons. The second-order valence-electron chi connectivity index (χ2n) is 7.28. The van der Waals surface area contributed by atoms with Gasteiger partial charge in [0.25, 0.3) is 5.91 Å². The summed E-state index contributed by atoms with van der Waals surface area (Å²) in [7, 11) is 1.73. The van der Waals surface area contributed by atoms with Crippen LogP contribution in [0.15, 0.2) is 53.7 Å². The topological polar surface area (TPSA) is 72.5 Å². The van der Waals surface area contributed by atoms with E-state index in [2.05, 4.69) is 20.6 Å². The van der Waals surface area contributed by atoms with Crippen LogP contribution in [0.25, 0.3) is 10.9 Å². The number of amides is 1. The van der Waals surface area contributed by atoms with Crippen LogP contribution in [0, 0.1) is 5.82 Å². The molecule has 0 radical (unpaired) electrons. The summed E-state index contributed by atoms with van der Waals surface area (Å²) in [5.41, 5.74) is 3.71. The summed E-state index contributed by atoms with van der Waals surface area (Å²) in [6.45, 7) is 6.67. The SMILES string of the molecule is CCN(CC)C(=O)c1ccc(CNC(=NC)NCCc2c[nH]c3cc(F)ccc23)cc1. The summed E-state index contributed by atoms with van der Waals surface area (Å²) in [5.74, 6) is 0.519. The van der Waals surface area contributed by atoms with Crippen molar-refractivity contribution in [2.45, 2.75) is 26.8 Å². The minimum atomic E-state index is -0.242. The molecule has 1 amide bonds. The maximum atomic E-state index is 13.3. The van der Waals surface area contributed by atoms with Gasteiger partial charge in [-0.05, 0) is 61.7 Å². The second kappa shape index (κ2) is 10.6. The summed E-state index contributed by atoms with van der Waals surface area (Å²) >= 11 is 0. The highest BCUT2D eigenvalue weighted by molar-refractivity contribution is 5.94. The molecule has 0 unspecified atom stereocenters. The Labute approximate surface area is 182 Å². The zero-order valence-corrected chi connectivity index (χ0v) is 18.3. The number of fused-ring (bicyclic) bond motifs is 1. The number of hydrogen-bond acceptors (Lipinski definition) is 2. The van der Waals surface area contributed by atoms with E-state index in [0.29, 0.717) is 37.7 Å². The normalized spacial score (nSPS) is 11.5. The van der Waals surface area contributed by atoms with E-state index in [9.17, 15) is 9.18 Å². The van der Waals surface area contributed by atoms with Crippen molar-refractivity contribution in [3.8, 4) is 0 Å². The summed E-state index contributed by atoms with van der Waals surface area (Å²) < 4.78 is 13.3. The lowest BCUT2D eigenvalue weighted by Crippen LogP contribution is -2.37. The highest BCUT2D eigenvalue weighted by atomic mass is 19.1. The van der Waals surface area contributed by atoms with Crippen molar-refractivity contribution in [2.24, 2.45) is 4.99 Å². The molecule has 7 heteroatoms. The number of aromatic amines is 1. The molecule has 1 aromatic heterocycles. The minimum Gasteiger partial charge on any atom is -0.361 e. The number of aliphatic imine (C=N–C) groups is 1. The Balaban J connectivity index is 1.49. The zero-order chi connectivity index (χ0) is 22.2. The Hall–Kier alpha value is -3.35. The first-order valence-corrected chi connectivity index (χ1v) is 10.6. The first-order chi connectivity index (χ1) is 15.0. The number of hydrogen-bond donors (Lipinski definition) is 3. The number of benzene rings is 2. The average molecular weight is 424 g/mol. The number of halogens is 1. The minimum absolute atomic E-state index is 0.0574. The quantitative estimate of drug-likeness (QED) is 0.382. The van der Waals surface area contributed by atoms with Crippen molar-refractivity contribution < 1.29 is 9.18 Å². The van der Waals surface area contributed by atoms with Gasteiger partial charge in [0.1, 0.15) is 5.82 Å². The highest BCUT2D eigenvalue weighted by Gasteiger charge is 2.12. The smallest absolute Gasteiger partial charge is 0.253 e. The van der Waals surface area contributed by atoms with E-state index in [4.69, 9.17) is 0 Å². The number of rotatable bonds is 8. The molecule has 0 atom stereocenters. The summed E-state index contributed by atoms with van der Waals surface area (Å²) in [6.07, 6.45) is 2.71. The van der Waals surface area contributed by atoms with E-state index in [1.54, 1.807) is 13.1 Å². The van der Waals surface area contributed by atoms with E-state index in [1.165, 1.54) is 12.1 Å². The van der Waals surface area contributed by atoms with Crippen LogP contribution in [-0.4, -0.2) is 48.4 Å². The lowest BCUT2D eigenvalue weighted by atomic mass is 10.1. The largest absolute Gasteiger partial charge is 0.361 e. The van der Waals surface area contributed by atoms with Crippen molar-refractivity contribution in [2.75, 3.05) is 26.7 Å². The van der Waals surface area contributed by atoms with Crippen LogP contribution in [0.3, 0.4) is 0 Å². The molecule has 3 aromatic rings. The van der Waals surface area contributed by atoms with Crippen LogP contribution < -0.4 is 10.6 Å². The summed E-state index contributed by atoms with van der Waals surface area (Å²) in [6, 6.07) is 12.5. The molecule has 3 rings (SSSR count). The molecular formula is C24H30FN5O. The van der Waals surface area contributed by atoms with Gasteiger partial charge in [0.2, 0.25) is 0 Å². The van der Waals surface area contributed by atoms with E-state index >= 15 is 0 Å². The Morgan fingerprint density at radius 2 is 1.84 bits per heavy atom. The predicted octanol–water partition coefficient (Wildman–Crippen LogP) is 3.70. The number of guanidine groups is 1. The molecule has 0 aliphatic rings. The molecule has 6 nitrogen and oxygen atoms in total. The first-order valence-electron chi connectivity index (χ1n) is 10.6. The Morgan fingerprint density at radius 3 is 2.52 bits per heavy atom. The van der Waals surface area contributed by atoms with E-state index < -0.39 is 0 Å². The van der Waals surface area contributed by atoms with Gasteiger partial charge in [-0.25, -0.2) is 4.39 Å². The van der Waals surface area contributed by atoms with Gasteiger partial charge in [0.05, 0.1) is 0 Å². The zero-order valence-electron chi connectivity index (χ0n) is 18.3. The molecule has 3 N–H and O–H groups in total. The Bertz CT molecular complexity index is 1040. The molecule has 0 aliphatic heterocycles. The highest BCUT2D eigenvalue weighted by Crippen LogP contribution is 2.19.